The first-order valence-corrected chi connectivity index (χ1v) is 8.97. The van der Waals surface area contributed by atoms with E-state index in [-0.39, 0.29) is 5.82 Å². The Bertz CT molecular complexity index is 534. The smallest absolute Gasteiger partial charge is 0.123 e. The Morgan fingerprint density at radius 1 is 1.22 bits per heavy atom. The number of nitrogens with zero attached hydrogens (tertiary/aromatic N) is 3. The highest BCUT2D eigenvalue weighted by Gasteiger charge is 2.17. The normalized spacial score (nSPS) is 16.7. The van der Waals surface area contributed by atoms with Crippen LogP contribution in [0.5, 0.6) is 0 Å². The molecule has 3 nitrogen and oxygen atoms in total. The lowest BCUT2D eigenvalue weighted by atomic mass is 10.1. The maximum atomic E-state index is 12.9. The molecule has 1 aromatic carbocycles. The van der Waals surface area contributed by atoms with Gasteiger partial charge >= 0.3 is 0 Å². The highest BCUT2D eigenvalue weighted by molar-refractivity contribution is 8.01. The molecular weight excluding hydrogens is 309 g/mol. The molecule has 0 bridgehead atoms. The second kappa shape index (κ2) is 9.08. The monoisotopic (exact) mass is 335 g/mol. The first-order valence-electron chi connectivity index (χ1n) is 8.19. The number of piperazine rings is 1. The van der Waals surface area contributed by atoms with Crippen molar-refractivity contribution in [3.05, 3.63) is 47.3 Å². The van der Waals surface area contributed by atoms with Crippen LogP contribution < -0.4 is 0 Å². The first-order chi connectivity index (χ1) is 11.1. The van der Waals surface area contributed by atoms with Crippen LogP contribution in [0.2, 0.25) is 0 Å². The molecule has 0 amide bonds. The van der Waals surface area contributed by atoms with Gasteiger partial charge in [-0.3, -0.25) is 4.90 Å². The predicted molar refractivity (Wildman–Crippen MR) is 98.2 cm³/mol. The van der Waals surface area contributed by atoms with Crippen LogP contribution in [0, 0.1) is 5.82 Å². The lowest BCUT2D eigenvalue weighted by Gasteiger charge is -2.36. The van der Waals surface area contributed by atoms with E-state index in [1.54, 1.807) is 12.1 Å². The topological polar surface area (TPSA) is 18.8 Å². The third-order valence-electron chi connectivity index (χ3n) is 3.94. The Kier molecular flexibility index (Phi) is 7.12. The van der Waals surface area contributed by atoms with Crippen LogP contribution >= 0.6 is 11.9 Å². The van der Waals surface area contributed by atoms with Crippen molar-refractivity contribution in [2.45, 2.75) is 26.7 Å². The van der Waals surface area contributed by atoms with Gasteiger partial charge in [0.25, 0.3) is 0 Å². The van der Waals surface area contributed by atoms with Crippen molar-refractivity contribution in [2.24, 2.45) is 4.40 Å². The van der Waals surface area contributed by atoms with E-state index in [1.165, 1.54) is 37.0 Å². The fourth-order valence-electron chi connectivity index (χ4n) is 2.66. The first kappa shape index (κ1) is 18.0. The van der Waals surface area contributed by atoms with E-state index >= 15 is 0 Å². The number of hydrogen-bond donors (Lipinski definition) is 0. The Morgan fingerprint density at radius 3 is 2.48 bits per heavy atom. The summed E-state index contributed by atoms with van der Waals surface area (Å²) in [6, 6.07) is 6.59. The standard InChI is InChI=1S/C18H26FN3S/c1-4-9-21-10-12-22(13-11-21)16(3)23-20-15(2)14-17-5-7-18(19)8-6-17/h5-8H,3-4,9-14H2,1-2H3/b20-15+. The van der Waals surface area contributed by atoms with Crippen LogP contribution in [0.4, 0.5) is 4.39 Å². The fourth-order valence-corrected chi connectivity index (χ4v) is 3.28. The van der Waals surface area contributed by atoms with Crippen LogP contribution in [0.1, 0.15) is 25.8 Å². The molecule has 1 saturated heterocycles. The van der Waals surface area contributed by atoms with Gasteiger partial charge in [0.05, 0.1) is 5.03 Å². The van der Waals surface area contributed by atoms with E-state index in [9.17, 15) is 4.39 Å². The van der Waals surface area contributed by atoms with E-state index in [2.05, 4.69) is 27.7 Å². The average molecular weight is 335 g/mol. The van der Waals surface area contributed by atoms with Crippen molar-refractivity contribution >= 4 is 17.7 Å². The summed E-state index contributed by atoms with van der Waals surface area (Å²) in [5.74, 6) is -0.201. The minimum atomic E-state index is -0.201. The molecule has 1 heterocycles. The highest BCUT2D eigenvalue weighted by atomic mass is 32.2. The number of halogens is 1. The maximum absolute atomic E-state index is 12.9. The zero-order chi connectivity index (χ0) is 16.7. The summed E-state index contributed by atoms with van der Waals surface area (Å²) in [5, 5.41) is 1.01. The molecule has 1 aliphatic heterocycles. The molecule has 126 valence electrons. The van der Waals surface area contributed by atoms with Gasteiger partial charge in [-0.1, -0.05) is 25.6 Å². The van der Waals surface area contributed by atoms with E-state index in [0.29, 0.717) is 0 Å². The minimum absolute atomic E-state index is 0.201. The second-order valence-electron chi connectivity index (χ2n) is 5.94. The molecule has 1 aromatic rings. The maximum Gasteiger partial charge on any atom is 0.123 e. The van der Waals surface area contributed by atoms with Crippen LogP contribution in [-0.4, -0.2) is 48.2 Å². The van der Waals surface area contributed by atoms with Crippen LogP contribution in [-0.2, 0) is 6.42 Å². The largest absolute Gasteiger partial charge is 0.363 e. The van der Waals surface area contributed by atoms with Gasteiger partial charge in [-0.05, 0) is 37.6 Å². The predicted octanol–water partition coefficient (Wildman–Crippen LogP) is 3.98. The molecule has 0 N–H and O–H groups in total. The van der Waals surface area contributed by atoms with Gasteiger partial charge in [-0.15, -0.1) is 0 Å². The quantitative estimate of drug-likeness (QED) is 0.555. The summed E-state index contributed by atoms with van der Waals surface area (Å²) >= 11 is 1.45. The highest BCUT2D eigenvalue weighted by Crippen LogP contribution is 2.22. The molecule has 0 aromatic heterocycles. The summed E-state index contributed by atoms with van der Waals surface area (Å²) in [6.07, 6.45) is 1.95. The summed E-state index contributed by atoms with van der Waals surface area (Å²) in [5.41, 5.74) is 2.10. The molecular formula is C18H26FN3S. The van der Waals surface area contributed by atoms with Gasteiger partial charge in [-0.25, -0.2) is 8.79 Å². The third kappa shape index (κ3) is 5.99. The van der Waals surface area contributed by atoms with Crippen molar-refractivity contribution in [3.63, 3.8) is 0 Å². The lowest BCUT2D eigenvalue weighted by Crippen LogP contribution is -2.45. The van der Waals surface area contributed by atoms with Gasteiger partial charge in [-0.2, -0.15) is 0 Å². The van der Waals surface area contributed by atoms with Crippen molar-refractivity contribution in [1.82, 2.24) is 9.80 Å². The van der Waals surface area contributed by atoms with Gasteiger partial charge in [0.1, 0.15) is 5.82 Å². The Balaban J connectivity index is 1.77. The van der Waals surface area contributed by atoms with Gasteiger partial charge in [0, 0.05) is 50.3 Å². The molecule has 0 aliphatic carbocycles. The van der Waals surface area contributed by atoms with Crippen molar-refractivity contribution in [3.8, 4) is 0 Å². The Labute approximate surface area is 143 Å². The molecule has 23 heavy (non-hydrogen) atoms. The van der Waals surface area contributed by atoms with Gasteiger partial charge < -0.3 is 4.90 Å². The number of benzene rings is 1. The van der Waals surface area contributed by atoms with E-state index in [4.69, 9.17) is 0 Å². The van der Waals surface area contributed by atoms with Gasteiger partial charge in [0.15, 0.2) is 0 Å². The average Bonchev–Trinajstić information content (AvgIpc) is 2.56. The Morgan fingerprint density at radius 2 is 1.87 bits per heavy atom. The number of rotatable bonds is 7. The summed E-state index contributed by atoms with van der Waals surface area (Å²) in [7, 11) is 0. The SMILES string of the molecule is C=C(S/N=C(\C)Cc1ccc(F)cc1)N1CCN(CCC)CC1. The summed E-state index contributed by atoms with van der Waals surface area (Å²) in [6.45, 7) is 13.8. The van der Waals surface area contributed by atoms with Crippen LogP contribution in [0.25, 0.3) is 0 Å². The van der Waals surface area contributed by atoms with Crippen molar-refractivity contribution in [1.29, 1.82) is 0 Å². The minimum Gasteiger partial charge on any atom is -0.363 e. The molecule has 5 heteroatoms. The van der Waals surface area contributed by atoms with E-state index in [1.807, 2.05) is 6.92 Å². The zero-order valence-electron chi connectivity index (χ0n) is 14.1. The molecule has 1 aliphatic rings. The van der Waals surface area contributed by atoms with Crippen LogP contribution in [0.3, 0.4) is 0 Å². The van der Waals surface area contributed by atoms with Crippen molar-refractivity contribution < 1.29 is 4.39 Å². The summed E-state index contributed by atoms with van der Waals surface area (Å²) in [4.78, 5) is 4.81. The summed E-state index contributed by atoms with van der Waals surface area (Å²) < 4.78 is 17.5. The van der Waals surface area contributed by atoms with E-state index in [0.717, 1.165) is 48.9 Å². The molecule has 0 unspecified atom stereocenters. The van der Waals surface area contributed by atoms with E-state index < -0.39 is 0 Å². The third-order valence-corrected chi connectivity index (χ3v) is 4.82. The number of hydrogen-bond acceptors (Lipinski definition) is 4. The molecule has 0 atom stereocenters. The zero-order valence-corrected chi connectivity index (χ0v) is 14.9. The molecule has 0 spiro atoms. The van der Waals surface area contributed by atoms with Crippen LogP contribution in [0.15, 0.2) is 40.3 Å². The molecule has 0 saturated carbocycles. The molecule has 1 fully saturated rings. The van der Waals surface area contributed by atoms with Gasteiger partial charge in [0.2, 0.25) is 0 Å². The molecule has 2 rings (SSSR count). The fraction of sp³-hybridized carbons (Fsp3) is 0.500. The lowest BCUT2D eigenvalue weighted by molar-refractivity contribution is 0.166. The Hall–Kier alpha value is -1.33. The van der Waals surface area contributed by atoms with Crippen molar-refractivity contribution in [2.75, 3.05) is 32.7 Å². The second-order valence-corrected chi connectivity index (χ2v) is 6.78. The molecule has 0 radical (unpaired) electrons.